The maximum absolute atomic E-state index is 12.6. The van der Waals surface area contributed by atoms with Gasteiger partial charge in [0.25, 0.3) is 5.91 Å². The lowest BCUT2D eigenvalue weighted by atomic mass is 10.0. The molecule has 3 rings (SSSR count). The highest BCUT2D eigenvalue weighted by Gasteiger charge is 2.26. The molecule has 144 valence electrons. The monoisotopic (exact) mass is 386 g/mol. The van der Waals surface area contributed by atoms with Crippen LogP contribution in [0.1, 0.15) is 43.0 Å². The number of rotatable bonds is 7. The van der Waals surface area contributed by atoms with Gasteiger partial charge in [-0.2, -0.15) is 4.31 Å². The fourth-order valence-corrected chi connectivity index (χ4v) is 4.73. The normalized spacial score (nSPS) is 15.0. The van der Waals surface area contributed by atoms with Crippen LogP contribution in [0.5, 0.6) is 0 Å². The van der Waals surface area contributed by atoms with Gasteiger partial charge >= 0.3 is 0 Å². The minimum atomic E-state index is -3.40. The SMILES string of the molecule is CCCCNC(=O)c1cccc(-c2ccc(S(=O)(=O)N3CCCC3)cc2)c1. The van der Waals surface area contributed by atoms with E-state index in [1.54, 1.807) is 34.6 Å². The molecule has 0 saturated carbocycles. The number of hydrogen-bond acceptors (Lipinski definition) is 3. The minimum absolute atomic E-state index is 0.0847. The van der Waals surface area contributed by atoms with Gasteiger partial charge in [0.05, 0.1) is 4.90 Å². The van der Waals surface area contributed by atoms with E-state index in [0.717, 1.165) is 36.8 Å². The second kappa shape index (κ2) is 8.67. The Bertz CT molecular complexity index is 886. The lowest BCUT2D eigenvalue weighted by molar-refractivity contribution is 0.0953. The Balaban J connectivity index is 1.77. The van der Waals surface area contributed by atoms with Crippen molar-refractivity contribution in [3.05, 3.63) is 54.1 Å². The molecule has 0 aliphatic carbocycles. The van der Waals surface area contributed by atoms with E-state index in [4.69, 9.17) is 0 Å². The van der Waals surface area contributed by atoms with Crippen molar-refractivity contribution in [1.29, 1.82) is 0 Å². The molecule has 6 heteroatoms. The van der Waals surface area contributed by atoms with Crippen molar-refractivity contribution in [2.75, 3.05) is 19.6 Å². The highest BCUT2D eigenvalue weighted by molar-refractivity contribution is 7.89. The largest absolute Gasteiger partial charge is 0.352 e. The van der Waals surface area contributed by atoms with E-state index in [9.17, 15) is 13.2 Å². The molecule has 0 atom stereocenters. The highest BCUT2D eigenvalue weighted by Crippen LogP contribution is 2.25. The summed E-state index contributed by atoms with van der Waals surface area (Å²) in [7, 11) is -3.40. The van der Waals surface area contributed by atoms with Crippen molar-refractivity contribution >= 4 is 15.9 Å². The summed E-state index contributed by atoms with van der Waals surface area (Å²) in [5.74, 6) is -0.0847. The van der Waals surface area contributed by atoms with Crippen molar-refractivity contribution in [2.24, 2.45) is 0 Å². The van der Waals surface area contributed by atoms with Crippen molar-refractivity contribution in [1.82, 2.24) is 9.62 Å². The molecule has 1 N–H and O–H groups in total. The first kappa shape index (κ1) is 19.6. The van der Waals surface area contributed by atoms with Crippen LogP contribution in [0.3, 0.4) is 0 Å². The number of amides is 1. The number of carbonyl (C=O) groups is 1. The summed E-state index contributed by atoms with van der Waals surface area (Å²) >= 11 is 0. The van der Waals surface area contributed by atoms with Crippen LogP contribution in [0, 0.1) is 0 Å². The smallest absolute Gasteiger partial charge is 0.251 e. The fourth-order valence-electron chi connectivity index (χ4n) is 3.22. The van der Waals surface area contributed by atoms with E-state index in [-0.39, 0.29) is 5.91 Å². The minimum Gasteiger partial charge on any atom is -0.352 e. The lowest BCUT2D eigenvalue weighted by Gasteiger charge is -2.15. The predicted octanol–water partition coefficient (Wildman–Crippen LogP) is 3.67. The van der Waals surface area contributed by atoms with Crippen LogP contribution < -0.4 is 5.32 Å². The number of benzene rings is 2. The molecule has 1 heterocycles. The Morgan fingerprint density at radius 1 is 1.04 bits per heavy atom. The molecular weight excluding hydrogens is 360 g/mol. The van der Waals surface area contributed by atoms with Gasteiger partial charge in [-0.15, -0.1) is 0 Å². The molecule has 1 aliphatic rings. The molecule has 0 aromatic heterocycles. The average Bonchev–Trinajstić information content (AvgIpc) is 3.24. The molecule has 1 saturated heterocycles. The van der Waals surface area contributed by atoms with Gasteiger partial charge < -0.3 is 5.32 Å². The summed E-state index contributed by atoms with van der Waals surface area (Å²) < 4.78 is 26.8. The van der Waals surface area contributed by atoms with E-state index in [0.29, 0.717) is 30.1 Å². The van der Waals surface area contributed by atoms with Crippen LogP contribution >= 0.6 is 0 Å². The molecule has 1 fully saturated rings. The Hall–Kier alpha value is -2.18. The number of sulfonamides is 1. The molecule has 1 aliphatic heterocycles. The van der Waals surface area contributed by atoms with E-state index in [1.807, 2.05) is 18.2 Å². The predicted molar refractivity (Wildman–Crippen MR) is 107 cm³/mol. The molecular formula is C21H26N2O3S. The second-order valence-electron chi connectivity index (χ2n) is 6.83. The van der Waals surface area contributed by atoms with E-state index in [1.165, 1.54) is 0 Å². The highest BCUT2D eigenvalue weighted by atomic mass is 32.2. The van der Waals surface area contributed by atoms with E-state index < -0.39 is 10.0 Å². The maximum atomic E-state index is 12.6. The fraction of sp³-hybridized carbons (Fsp3) is 0.381. The van der Waals surface area contributed by atoms with Crippen molar-refractivity contribution in [2.45, 2.75) is 37.5 Å². The summed E-state index contributed by atoms with van der Waals surface area (Å²) in [6.45, 7) is 3.95. The standard InChI is InChI=1S/C21H26N2O3S/c1-2-3-13-22-21(24)19-8-6-7-18(16-19)17-9-11-20(12-10-17)27(25,26)23-14-4-5-15-23/h6-12,16H,2-5,13-15H2,1H3,(H,22,24). The number of nitrogens with one attached hydrogen (secondary N) is 1. The number of unbranched alkanes of at least 4 members (excludes halogenated alkanes) is 1. The van der Waals surface area contributed by atoms with Crippen LogP contribution in [0.15, 0.2) is 53.4 Å². The van der Waals surface area contributed by atoms with Crippen LogP contribution in [-0.4, -0.2) is 38.3 Å². The molecule has 0 unspecified atom stereocenters. The molecule has 27 heavy (non-hydrogen) atoms. The summed E-state index contributed by atoms with van der Waals surface area (Å²) in [5.41, 5.74) is 2.39. The Morgan fingerprint density at radius 2 is 1.74 bits per heavy atom. The van der Waals surface area contributed by atoms with Gasteiger partial charge in [0.2, 0.25) is 10.0 Å². The summed E-state index contributed by atoms with van der Waals surface area (Å²) in [6, 6.07) is 14.3. The first-order valence-electron chi connectivity index (χ1n) is 9.51. The van der Waals surface area contributed by atoms with Gasteiger partial charge in [-0.05, 0) is 54.7 Å². The first-order valence-corrected chi connectivity index (χ1v) is 11.0. The average molecular weight is 387 g/mol. The third kappa shape index (κ3) is 4.57. The molecule has 0 spiro atoms. The molecule has 2 aromatic rings. The molecule has 0 bridgehead atoms. The Kier molecular flexibility index (Phi) is 6.29. The lowest BCUT2D eigenvalue weighted by Crippen LogP contribution is -2.27. The van der Waals surface area contributed by atoms with E-state index >= 15 is 0 Å². The summed E-state index contributed by atoms with van der Waals surface area (Å²) in [5, 5.41) is 2.92. The van der Waals surface area contributed by atoms with Crippen LogP contribution in [0.2, 0.25) is 0 Å². The van der Waals surface area contributed by atoms with Gasteiger partial charge in [-0.3, -0.25) is 4.79 Å². The van der Waals surface area contributed by atoms with Gasteiger partial charge in [-0.1, -0.05) is 37.6 Å². The van der Waals surface area contributed by atoms with Gasteiger partial charge in [0, 0.05) is 25.2 Å². The van der Waals surface area contributed by atoms with Crippen molar-refractivity contribution in [3.8, 4) is 11.1 Å². The maximum Gasteiger partial charge on any atom is 0.251 e. The second-order valence-corrected chi connectivity index (χ2v) is 8.76. The van der Waals surface area contributed by atoms with Gasteiger partial charge in [-0.25, -0.2) is 8.42 Å². The van der Waals surface area contributed by atoms with Crippen molar-refractivity contribution < 1.29 is 13.2 Å². The first-order chi connectivity index (χ1) is 13.0. The third-order valence-corrected chi connectivity index (χ3v) is 6.74. The summed E-state index contributed by atoms with van der Waals surface area (Å²) in [6.07, 6.45) is 3.83. The molecule has 0 radical (unpaired) electrons. The van der Waals surface area contributed by atoms with Gasteiger partial charge in [0.15, 0.2) is 0 Å². The van der Waals surface area contributed by atoms with Crippen LogP contribution in [-0.2, 0) is 10.0 Å². The zero-order valence-electron chi connectivity index (χ0n) is 15.6. The molecule has 5 nitrogen and oxygen atoms in total. The summed E-state index contributed by atoms with van der Waals surface area (Å²) in [4.78, 5) is 12.6. The molecule has 1 amide bonds. The Labute approximate surface area is 161 Å². The zero-order chi connectivity index (χ0) is 19.3. The Morgan fingerprint density at radius 3 is 2.41 bits per heavy atom. The number of carbonyl (C=O) groups excluding carboxylic acids is 1. The number of hydrogen-bond donors (Lipinski definition) is 1. The van der Waals surface area contributed by atoms with Crippen molar-refractivity contribution in [3.63, 3.8) is 0 Å². The third-order valence-electron chi connectivity index (χ3n) is 4.83. The van der Waals surface area contributed by atoms with Gasteiger partial charge in [0.1, 0.15) is 0 Å². The van der Waals surface area contributed by atoms with E-state index in [2.05, 4.69) is 12.2 Å². The quantitative estimate of drug-likeness (QED) is 0.739. The molecule has 2 aromatic carbocycles. The van der Waals surface area contributed by atoms with Crippen LogP contribution in [0.25, 0.3) is 11.1 Å². The zero-order valence-corrected chi connectivity index (χ0v) is 16.5. The topological polar surface area (TPSA) is 66.5 Å². The number of nitrogens with zero attached hydrogens (tertiary/aromatic N) is 1. The van der Waals surface area contributed by atoms with Crippen LogP contribution in [0.4, 0.5) is 0 Å².